The minimum atomic E-state index is 0.876. The second kappa shape index (κ2) is 6.89. The van der Waals surface area contributed by atoms with Crippen LogP contribution in [0.2, 0.25) is 0 Å². The smallest absolute Gasteiger partial charge is 0.141 e. The summed E-state index contributed by atoms with van der Waals surface area (Å²) >= 11 is 0. The third-order valence-corrected chi connectivity index (χ3v) is 3.30. The van der Waals surface area contributed by atoms with E-state index in [9.17, 15) is 0 Å². The fourth-order valence-electron chi connectivity index (χ4n) is 2.39. The number of nitrogens with one attached hydrogen (secondary N) is 1. The van der Waals surface area contributed by atoms with Gasteiger partial charge in [-0.1, -0.05) is 31.5 Å². The van der Waals surface area contributed by atoms with Gasteiger partial charge in [0.05, 0.1) is 0 Å². The first kappa shape index (κ1) is 14.3. The molecular formula is C16H22N4. The van der Waals surface area contributed by atoms with E-state index in [1.807, 2.05) is 13.1 Å². The normalized spacial score (nSPS) is 10.3. The Kier molecular flexibility index (Phi) is 4.93. The van der Waals surface area contributed by atoms with E-state index in [1.165, 1.54) is 5.56 Å². The van der Waals surface area contributed by atoms with Crippen LogP contribution in [-0.2, 0) is 6.42 Å². The van der Waals surface area contributed by atoms with Crippen molar-refractivity contribution in [2.24, 2.45) is 0 Å². The van der Waals surface area contributed by atoms with Crippen molar-refractivity contribution in [3.8, 4) is 0 Å². The average Bonchev–Trinajstić information content (AvgIpc) is 2.50. The van der Waals surface area contributed by atoms with Gasteiger partial charge in [0.2, 0.25) is 0 Å². The molecule has 0 fully saturated rings. The van der Waals surface area contributed by atoms with Crippen LogP contribution in [0.3, 0.4) is 0 Å². The van der Waals surface area contributed by atoms with Gasteiger partial charge in [-0.3, -0.25) is 0 Å². The Balaban J connectivity index is 2.49. The molecule has 0 atom stereocenters. The number of hydrogen-bond acceptors (Lipinski definition) is 4. The molecule has 0 aliphatic rings. The Morgan fingerprint density at radius 1 is 1.10 bits per heavy atom. The summed E-state index contributed by atoms with van der Waals surface area (Å²) in [5, 5.41) is 3.17. The molecule has 1 heterocycles. The fraction of sp³-hybridized carbons (Fsp3) is 0.375. The van der Waals surface area contributed by atoms with Crippen LogP contribution in [0.15, 0.2) is 36.7 Å². The molecule has 0 saturated carbocycles. The van der Waals surface area contributed by atoms with Crippen molar-refractivity contribution in [2.45, 2.75) is 26.7 Å². The van der Waals surface area contributed by atoms with Gasteiger partial charge in [0.25, 0.3) is 0 Å². The zero-order valence-electron chi connectivity index (χ0n) is 12.4. The molecule has 4 heteroatoms. The Morgan fingerprint density at radius 2 is 1.85 bits per heavy atom. The van der Waals surface area contributed by atoms with Crippen molar-refractivity contribution >= 4 is 17.3 Å². The predicted molar refractivity (Wildman–Crippen MR) is 84.7 cm³/mol. The monoisotopic (exact) mass is 270 g/mol. The number of aromatic nitrogens is 2. The lowest BCUT2D eigenvalue weighted by molar-refractivity contribution is 0.878. The van der Waals surface area contributed by atoms with Crippen molar-refractivity contribution in [1.82, 2.24) is 9.97 Å². The summed E-state index contributed by atoms with van der Waals surface area (Å²) < 4.78 is 0. The topological polar surface area (TPSA) is 41.1 Å². The standard InChI is InChI=1S/C16H22N4/c1-4-9-14-15(17-3)18-12-19-16(14)20(5-2)13-10-7-6-8-11-13/h6-8,10-12H,4-5,9H2,1-3H3,(H,17,18,19). The molecule has 0 bridgehead atoms. The van der Waals surface area contributed by atoms with Gasteiger partial charge < -0.3 is 10.2 Å². The second-order valence-corrected chi connectivity index (χ2v) is 4.60. The van der Waals surface area contributed by atoms with Crippen molar-refractivity contribution in [3.05, 3.63) is 42.2 Å². The number of anilines is 3. The molecule has 0 spiro atoms. The summed E-state index contributed by atoms with van der Waals surface area (Å²) in [6, 6.07) is 10.4. The van der Waals surface area contributed by atoms with E-state index in [0.717, 1.165) is 36.7 Å². The summed E-state index contributed by atoms with van der Waals surface area (Å²) in [6.45, 7) is 5.19. The summed E-state index contributed by atoms with van der Waals surface area (Å²) in [4.78, 5) is 11.1. The average molecular weight is 270 g/mol. The molecule has 20 heavy (non-hydrogen) atoms. The molecule has 106 valence electrons. The van der Waals surface area contributed by atoms with E-state index < -0.39 is 0 Å². The Labute approximate surface area is 120 Å². The zero-order chi connectivity index (χ0) is 14.4. The Bertz CT molecular complexity index is 539. The first-order valence-corrected chi connectivity index (χ1v) is 7.16. The van der Waals surface area contributed by atoms with Crippen molar-refractivity contribution in [2.75, 3.05) is 23.8 Å². The molecular weight excluding hydrogens is 248 g/mol. The minimum absolute atomic E-state index is 0.876. The maximum atomic E-state index is 4.53. The van der Waals surface area contributed by atoms with E-state index in [2.05, 4.69) is 58.3 Å². The van der Waals surface area contributed by atoms with Crippen molar-refractivity contribution in [3.63, 3.8) is 0 Å². The summed E-state index contributed by atoms with van der Waals surface area (Å²) in [7, 11) is 1.91. The number of rotatable bonds is 6. The Hall–Kier alpha value is -2.10. The van der Waals surface area contributed by atoms with Gasteiger partial charge in [-0.25, -0.2) is 9.97 Å². The third-order valence-electron chi connectivity index (χ3n) is 3.30. The maximum Gasteiger partial charge on any atom is 0.141 e. The highest BCUT2D eigenvalue weighted by atomic mass is 15.2. The molecule has 1 N–H and O–H groups in total. The van der Waals surface area contributed by atoms with Crippen LogP contribution in [0.5, 0.6) is 0 Å². The summed E-state index contributed by atoms with van der Waals surface area (Å²) in [5.41, 5.74) is 2.34. The lowest BCUT2D eigenvalue weighted by Crippen LogP contribution is -2.20. The molecule has 1 aromatic carbocycles. The first-order chi connectivity index (χ1) is 9.81. The fourth-order valence-corrected chi connectivity index (χ4v) is 2.39. The highest BCUT2D eigenvalue weighted by Gasteiger charge is 2.16. The van der Waals surface area contributed by atoms with Crippen LogP contribution in [-0.4, -0.2) is 23.6 Å². The number of benzene rings is 1. The Morgan fingerprint density at radius 3 is 2.45 bits per heavy atom. The summed E-state index contributed by atoms with van der Waals surface area (Å²) in [5.74, 6) is 1.92. The molecule has 2 aromatic rings. The lowest BCUT2D eigenvalue weighted by Gasteiger charge is -2.25. The van der Waals surface area contributed by atoms with Crippen LogP contribution >= 0.6 is 0 Å². The highest BCUT2D eigenvalue weighted by molar-refractivity contribution is 5.67. The molecule has 0 saturated heterocycles. The van der Waals surface area contributed by atoms with Crippen LogP contribution in [0.25, 0.3) is 0 Å². The summed E-state index contributed by atoms with van der Waals surface area (Å²) in [6.07, 6.45) is 3.67. The van der Waals surface area contributed by atoms with Gasteiger partial charge in [0.15, 0.2) is 0 Å². The largest absolute Gasteiger partial charge is 0.373 e. The van der Waals surface area contributed by atoms with E-state index in [0.29, 0.717) is 0 Å². The number of hydrogen-bond donors (Lipinski definition) is 1. The van der Waals surface area contributed by atoms with Crippen LogP contribution in [0.4, 0.5) is 17.3 Å². The number of para-hydroxylation sites is 1. The molecule has 0 unspecified atom stereocenters. The van der Waals surface area contributed by atoms with Crippen LogP contribution in [0, 0.1) is 0 Å². The second-order valence-electron chi connectivity index (χ2n) is 4.60. The lowest BCUT2D eigenvalue weighted by atomic mass is 10.1. The van der Waals surface area contributed by atoms with Gasteiger partial charge in [0, 0.05) is 24.8 Å². The van der Waals surface area contributed by atoms with E-state index in [4.69, 9.17) is 0 Å². The van der Waals surface area contributed by atoms with Crippen molar-refractivity contribution < 1.29 is 0 Å². The molecule has 4 nitrogen and oxygen atoms in total. The zero-order valence-corrected chi connectivity index (χ0v) is 12.4. The highest BCUT2D eigenvalue weighted by Crippen LogP contribution is 2.30. The van der Waals surface area contributed by atoms with Gasteiger partial charge in [-0.2, -0.15) is 0 Å². The quantitative estimate of drug-likeness (QED) is 0.870. The SMILES string of the molecule is CCCc1c(NC)ncnc1N(CC)c1ccccc1. The molecule has 0 radical (unpaired) electrons. The van der Waals surface area contributed by atoms with Gasteiger partial charge >= 0.3 is 0 Å². The van der Waals surface area contributed by atoms with E-state index >= 15 is 0 Å². The first-order valence-electron chi connectivity index (χ1n) is 7.16. The number of nitrogens with zero attached hydrogens (tertiary/aromatic N) is 3. The molecule has 0 aliphatic carbocycles. The molecule has 1 aromatic heterocycles. The molecule has 2 rings (SSSR count). The van der Waals surface area contributed by atoms with E-state index in [-0.39, 0.29) is 0 Å². The van der Waals surface area contributed by atoms with Crippen molar-refractivity contribution in [1.29, 1.82) is 0 Å². The van der Waals surface area contributed by atoms with Crippen LogP contribution < -0.4 is 10.2 Å². The van der Waals surface area contributed by atoms with Gasteiger partial charge in [-0.05, 0) is 25.5 Å². The molecule has 0 aliphatic heterocycles. The third kappa shape index (κ3) is 2.90. The predicted octanol–water partition coefficient (Wildman–Crippen LogP) is 3.63. The van der Waals surface area contributed by atoms with Gasteiger partial charge in [-0.15, -0.1) is 0 Å². The van der Waals surface area contributed by atoms with E-state index in [1.54, 1.807) is 6.33 Å². The van der Waals surface area contributed by atoms with Gasteiger partial charge in [0.1, 0.15) is 18.0 Å². The van der Waals surface area contributed by atoms with Crippen LogP contribution in [0.1, 0.15) is 25.8 Å². The maximum absolute atomic E-state index is 4.53. The molecule has 0 amide bonds. The minimum Gasteiger partial charge on any atom is -0.373 e.